The molecule has 2 rings (SSSR count). The third-order valence-corrected chi connectivity index (χ3v) is 4.70. The van der Waals surface area contributed by atoms with Gasteiger partial charge >= 0.3 is 0 Å². The zero-order chi connectivity index (χ0) is 11.5. The molecule has 4 nitrogen and oxygen atoms in total. The molecule has 2 heterocycles. The minimum atomic E-state index is -0.591. The lowest BCUT2D eigenvalue weighted by molar-refractivity contribution is 0.464. The van der Waals surface area contributed by atoms with Gasteiger partial charge in [-0.2, -0.15) is 0 Å². The Morgan fingerprint density at radius 1 is 1.62 bits per heavy atom. The lowest BCUT2D eigenvalue weighted by atomic mass is 10.1. The number of hydrogen-bond donors (Lipinski definition) is 1. The maximum absolute atomic E-state index is 11.2. The Morgan fingerprint density at radius 3 is 2.88 bits per heavy atom. The molecule has 1 aromatic heterocycles. The zero-order valence-corrected chi connectivity index (χ0v) is 10.9. The third kappa shape index (κ3) is 2.84. The van der Waals surface area contributed by atoms with Crippen molar-refractivity contribution in [3.05, 3.63) is 17.2 Å². The molecule has 0 spiro atoms. The van der Waals surface area contributed by atoms with Crippen molar-refractivity contribution in [3.8, 4) is 0 Å². The lowest BCUT2D eigenvalue weighted by Crippen LogP contribution is -2.35. The quantitative estimate of drug-likeness (QED) is 0.886. The van der Waals surface area contributed by atoms with Crippen molar-refractivity contribution < 1.29 is 4.21 Å². The number of aromatic nitrogens is 2. The predicted molar refractivity (Wildman–Crippen MR) is 66.0 cm³/mol. The van der Waals surface area contributed by atoms with E-state index in [1.165, 1.54) is 0 Å². The van der Waals surface area contributed by atoms with E-state index in [9.17, 15) is 4.21 Å². The summed E-state index contributed by atoms with van der Waals surface area (Å²) in [5.41, 5.74) is 0. The van der Waals surface area contributed by atoms with Crippen LogP contribution in [0.3, 0.4) is 0 Å². The molecule has 0 atom stereocenters. The molecule has 0 unspecified atom stereocenters. The van der Waals surface area contributed by atoms with E-state index in [2.05, 4.69) is 10.3 Å². The van der Waals surface area contributed by atoms with Crippen LogP contribution in [0.2, 0.25) is 5.15 Å². The van der Waals surface area contributed by atoms with Crippen LogP contribution >= 0.6 is 11.6 Å². The summed E-state index contributed by atoms with van der Waals surface area (Å²) in [6, 6.07) is 0.466. The lowest BCUT2D eigenvalue weighted by Gasteiger charge is -2.22. The summed E-state index contributed by atoms with van der Waals surface area (Å²) in [4.78, 5) is 4.22. The second kappa shape index (κ2) is 5.29. The number of nitrogens with one attached hydrogen (secondary N) is 1. The Labute approximate surface area is 103 Å². The molecule has 16 heavy (non-hydrogen) atoms. The maximum atomic E-state index is 11.2. The first-order valence-electron chi connectivity index (χ1n) is 5.41. The van der Waals surface area contributed by atoms with Crippen molar-refractivity contribution >= 4 is 22.4 Å². The summed E-state index contributed by atoms with van der Waals surface area (Å²) in [5.74, 6) is 2.58. The maximum Gasteiger partial charge on any atom is 0.128 e. The molecule has 0 aromatic carbocycles. The summed E-state index contributed by atoms with van der Waals surface area (Å²) >= 11 is 5.90. The molecule has 1 aromatic rings. The highest BCUT2D eigenvalue weighted by atomic mass is 35.5. The Bertz CT molecular complexity index is 383. The van der Waals surface area contributed by atoms with Gasteiger partial charge in [-0.05, 0) is 12.8 Å². The van der Waals surface area contributed by atoms with E-state index in [1.807, 2.05) is 11.6 Å². The molecule has 0 bridgehead atoms. The number of halogens is 1. The normalized spacial score (nSPS) is 25.9. The van der Waals surface area contributed by atoms with Gasteiger partial charge in [0.15, 0.2) is 0 Å². The van der Waals surface area contributed by atoms with Crippen molar-refractivity contribution in [2.75, 3.05) is 11.5 Å². The SMILES string of the molecule is Cn1c(Cl)cnc1CNC1CCS(=O)CC1. The average molecular weight is 262 g/mol. The Morgan fingerprint density at radius 2 is 2.31 bits per heavy atom. The van der Waals surface area contributed by atoms with Crippen molar-refractivity contribution in [1.29, 1.82) is 0 Å². The minimum Gasteiger partial charge on any atom is -0.321 e. The third-order valence-electron chi connectivity index (χ3n) is 2.96. The highest BCUT2D eigenvalue weighted by Crippen LogP contribution is 2.12. The summed E-state index contributed by atoms with van der Waals surface area (Å²) in [6.45, 7) is 0.723. The highest BCUT2D eigenvalue weighted by molar-refractivity contribution is 7.85. The van der Waals surface area contributed by atoms with Crippen molar-refractivity contribution in [2.24, 2.45) is 7.05 Å². The van der Waals surface area contributed by atoms with Gasteiger partial charge < -0.3 is 9.88 Å². The fourth-order valence-corrected chi connectivity index (χ4v) is 3.27. The molecule has 1 N–H and O–H groups in total. The van der Waals surface area contributed by atoms with Crippen LogP contribution in [0.1, 0.15) is 18.7 Å². The number of rotatable bonds is 3. The molecule has 0 aliphatic carbocycles. The van der Waals surface area contributed by atoms with Crippen LogP contribution in [0.25, 0.3) is 0 Å². The molecular formula is C10H16ClN3OS. The first kappa shape index (κ1) is 12.1. The van der Waals surface area contributed by atoms with Gasteiger partial charge in [-0.25, -0.2) is 4.98 Å². The molecule has 1 aliphatic heterocycles. The monoisotopic (exact) mass is 261 g/mol. The predicted octanol–water partition coefficient (Wildman–Crippen LogP) is 1.07. The summed E-state index contributed by atoms with van der Waals surface area (Å²) < 4.78 is 13.1. The smallest absolute Gasteiger partial charge is 0.128 e. The topological polar surface area (TPSA) is 46.9 Å². The number of imidazole rings is 1. The fraction of sp³-hybridized carbons (Fsp3) is 0.700. The van der Waals surface area contributed by atoms with Crippen LogP contribution in [-0.2, 0) is 24.4 Å². The number of hydrogen-bond acceptors (Lipinski definition) is 3. The minimum absolute atomic E-state index is 0.466. The highest BCUT2D eigenvalue weighted by Gasteiger charge is 2.17. The fourth-order valence-electron chi connectivity index (χ4n) is 1.82. The zero-order valence-electron chi connectivity index (χ0n) is 9.28. The Hall–Kier alpha value is -0.390. The number of nitrogens with zero attached hydrogens (tertiary/aromatic N) is 2. The Kier molecular flexibility index (Phi) is 4.00. The van der Waals surface area contributed by atoms with E-state index in [1.54, 1.807) is 6.20 Å². The van der Waals surface area contributed by atoms with E-state index in [0.717, 1.165) is 36.7 Å². The van der Waals surface area contributed by atoms with Gasteiger partial charge in [0.05, 0.1) is 12.7 Å². The van der Waals surface area contributed by atoms with Crippen LogP contribution in [0, 0.1) is 0 Å². The molecular weight excluding hydrogens is 246 g/mol. The van der Waals surface area contributed by atoms with Gasteiger partial charge in [-0.3, -0.25) is 4.21 Å². The largest absolute Gasteiger partial charge is 0.321 e. The van der Waals surface area contributed by atoms with Gasteiger partial charge in [0, 0.05) is 35.4 Å². The van der Waals surface area contributed by atoms with Crippen LogP contribution in [0.4, 0.5) is 0 Å². The molecule has 0 radical (unpaired) electrons. The van der Waals surface area contributed by atoms with Gasteiger partial charge in [0.25, 0.3) is 0 Å². The molecule has 90 valence electrons. The second-order valence-electron chi connectivity index (χ2n) is 4.06. The van der Waals surface area contributed by atoms with Gasteiger partial charge in [-0.15, -0.1) is 0 Å². The summed E-state index contributed by atoms with van der Waals surface area (Å²) in [6.07, 6.45) is 3.64. The van der Waals surface area contributed by atoms with E-state index >= 15 is 0 Å². The molecule has 0 amide bonds. The molecule has 1 aliphatic rings. The molecule has 0 saturated carbocycles. The van der Waals surface area contributed by atoms with E-state index in [-0.39, 0.29) is 0 Å². The van der Waals surface area contributed by atoms with Gasteiger partial charge in [-0.1, -0.05) is 11.6 Å². The van der Waals surface area contributed by atoms with Crippen LogP contribution < -0.4 is 5.32 Å². The summed E-state index contributed by atoms with van der Waals surface area (Å²) in [7, 11) is 1.31. The first-order valence-corrected chi connectivity index (χ1v) is 7.28. The standard InChI is InChI=1S/C10H16ClN3OS/c1-14-9(11)6-13-10(14)7-12-8-2-4-16(15)5-3-8/h6,8,12H,2-5,7H2,1H3. The Balaban J connectivity index is 1.83. The summed E-state index contributed by atoms with van der Waals surface area (Å²) in [5, 5.41) is 4.09. The van der Waals surface area contributed by atoms with Crippen molar-refractivity contribution in [3.63, 3.8) is 0 Å². The first-order chi connectivity index (χ1) is 7.66. The molecule has 1 fully saturated rings. The van der Waals surface area contributed by atoms with Crippen molar-refractivity contribution in [1.82, 2.24) is 14.9 Å². The van der Waals surface area contributed by atoms with Crippen LogP contribution in [-0.4, -0.2) is 31.3 Å². The molecule has 1 saturated heterocycles. The van der Waals surface area contributed by atoms with E-state index in [4.69, 9.17) is 11.6 Å². The van der Waals surface area contributed by atoms with Crippen LogP contribution in [0.15, 0.2) is 6.20 Å². The molecule has 6 heteroatoms. The van der Waals surface area contributed by atoms with Crippen LogP contribution in [0.5, 0.6) is 0 Å². The van der Waals surface area contributed by atoms with E-state index in [0.29, 0.717) is 11.2 Å². The average Bonchev–Trinajstić information content (AvgIpc) is 2.60. The second-order valence-corrected chi connectivity index (χ2v) is 6.14. The van der Waals surface area contributed by atoms with Gasteiger partial charge in [0.1, 0.15) is 11.0 Å². The van der Waals surface area contributed by atoms with Crippen molar-refractivity contribution in [2.45, 2.75) is 25.4 Å². The van der Waals surface area contributed by atoms with E-state index < -0.39 is 10.8 Å². The van der Waals surface area contributed by atoms with Gasteiger partial charge in [0.2, 0.25) is 0 Å².